The summed E-state index contributed by atoms with van der Waals surface area (Å²) in [4.78, 5) is 2.54. The molecule has 1 nitrogen and oxygen atoms in total. The van der Waals surface area contributed by atoms with Crippen LogP contribution in [0, 0.1) is 0 Å². The van der Waals surface area contributed by atoms with Gasteiger partial charge in [0.1, 0.15) is 0 Å². The van der Waals surface area contributed by atoms with Crippen molar-refractivity contribution in [1.82, 2.24) is 4.90 Å². The number of rotatable bonds is 5. The minimum absolute atomic E-state index is 0.454. The first-order valence-corrected chi connectivity index (χ1v) is 6.98. The minimum Gasteiger partial charge on any atom is -0.303 e. The summed E-state index contributed by atoms with van der Waals surface area (Å²) in [5.74, 6) is 0. The molecule has 88 valence electrons. The second-order valence-corrected chi connectivity index (χ2v) is 5.67. The van der Waals surface area contributed by atoms with Crippen LogP contribution in [0.5, 0.6) is 0 Å². The van der Waals surface area contributed by atoms with Crippen LogP contribution in [-0.4, -0.2) is 24.5 Å². The molecule has 1 saturated carbocycles. The van der Waals surface area contributed by atoms with Crippen LogP contribution >= 0.6 is 15.9 Å². The van der Waals surface area contributed by atoms with Crippen LogP contribution in [0.1, 0.15) is 32.3 Å². The molecule has 0 unspecified atom stereocenters. The van der Waals surface area contributed by atoms with Gasteiger partial charge >= 0.3 is 0 Å². The normalized spacial score (nSPS) is 17.8. The monoisotopic (exact) mass is 281 g/mol. The fraction of sp³-hybridized carbons (Fsp3) is 0.571. The number of halogens is 1. The van der Waals surface area contributed by atoms with Crippen LogP contribution in [0.25, 0.3) is 0 Å². The maximum atomic E-state index is 3.57. The topological polar surface area (TPSA) is 3.24 Å². The second kappa shape index (κ2) is 4.89. The zero-order valence-corrected chi connectivity index (χ0v) is 11.8. The first kappa shape index (κ1) is 12.1. The molecule has 1 fully saturated rings. The standard InChI is InChI=1S/C14H20BrN/c1-3-16(4-2)11-14(8-9-14)12-6-5-7-13(15)10-12/h5-7,10H,3-4,8-9,11H2,1-2H3. The summed E-state index contributed by atoms with van der Waals surface area (Å²) in [6.07, 6.45) is 2.69. The Kier molecular flexibility index (Phi) is 3.70. The fourth-order valence-electron chi connectivity index (χ4n) is 2.38. The predicted molar refractivity (Wildman–Crippen MR) is 72.8 cm³/mol. The lowest BCUT2D eigenvalue weighted by Gasteiger charge is -2.25. The Balaban J connectivity index is 2.13. The molecule has 2 heteroatoms. The molecule has 16 heavy (non-hydrogen) atoms. The molecular formula is C14H20BrN. The third-order valence-corrected chi connectivity index (χ3v) is 4.20. The van der Waals surface area contributed by atoms with Crippen molar-refractivity contribution in [2.45, 2.75) is 32.1 Å². The van der Waals surface area contributed by atoms with Crippen molar-refractivity contribution in [1.29, 1.82) is 0 Å². The highest BCUT2D eigenvalue weighted by molar-refractivity contribution is 9.10. The smallest absolute Gasteiger partial charge is 0.0178 e. The fourth-order valence-corrected chi connectivity index (χ4v) is 2.78. The predicted octanol–water partition coefficient (Wildman–Crippen LogP) is 3.82. The largest absolute Gasteiger partial charge is 0.303 e. The van der Waals surface area contributed by atoms with Crippen molar-refractivity contribution in [3.8, 4) is 0 Å². The zero-order chi connectivity index (χ0) is 11.6. The number of hydrogen-bond donors (Lipinski definition) is 0. The van der Waals surface area contributed by atoms with Gasteiger partial charge in [-0.1, -0.05) is 41.9 Å². The lowest BCUT2D eigenvalue weighted by Crippen LogP contribution is -2.32. The summed E-state index contributed by atoms with van der Waals surface area (Å²) in [5.41, 5.74) is 1.96. The van der Waals surface area contributed by atoms with Crippen LogP contribution in [0.4, 0.5) is 0 Å². The van der Waals surface area contributed by atoms with E-state index in [1.54, 1.807) is 0 Å². The van der Waals surface area contributed by atoms with Gasteiger partial charge in [0.2, 0.25) is 0 Å². The van der Waals surface area contributed by atoms with E-state index < -0.39 is 0 Å². The third-order valence-electron chi connectivity index (χ3n) is 3.71. The molecule has 2 rings (SSSR count). The summed E-state index contributed by atoms with van der Waals surface area (Å²) in [5, 5.41) is 0. The molecule has 0 N–H and O–H groups in total. The van der Waals surface area contributed by atoms with E-state index in [0.29, 0.717) is 5.41 Å². The van der Waals surface area contributed by atoms with Crippen molar-refractivity contribution in [2.75, 3.05) is 19.6 Å². The first-order valence-electron chi connectivity index (χ1n) is 6.18. The Morgan fingerprint density at radius 2 is 1.94 bits per heavy atom. The maximum Gasteiger partial charge on any atom is 0.0178 e. The van der Waals surface area contributed by atoms with Gasteiger partial charge in [0.15, 0.2) is 0 Å². The van der Waals surface area contributed by atoms with Gasteiger partial charge in [-0.3, -0.25) is 0 Å². The first-order chi connectivity index (χ1) is 7.70. The molecule has 0 atom stereocenters. The van der Waals surface area contributed by atoms with Gasteiger partial charge in [0, 0.05) is 16.4 Å². The third kappa shape index (κ3) is 2.49. The molecule has 1 aromatic rings. The van der Waals surface area contributed by atoms with Gasteiger partial charge in [-0.15, -0.1) is 0 Å². The molecule has 1 aliphatic carbocycles. The van der Waals surface area contributed by atoms with E-state index in [0.717, 1.165) is 13.1 Å². The molecule has 0 spiro atoms. The van der Waals surface area contributed by atoms with Gasteiger partial charge < -0.3 is 4.90 Å². The van der Waals surface area contributed by atoms with Crippen LogP contribution in [-0.2, 0) is 5.41 Å². The van der Waals surface area contributed by atoms with Gasteiger partial charge in [-0.05, 0) is 43.6 Å². The average Bonchev–Trinajstić information content (AvgIpc) is 3.07. The number of likely N-dealkylation sites (N-methyl/N-ethyl adjacent to an activating group) is 1. The number of hydrogen-bond acceptors (Lipinski definition) is 1. The van der Waals surface area contributed by atoms with Gasteiger partial charge in [0.05, 0.1) is 0 Å². The van der Waals surface area contributed by atoms with Gasteiger partial charge in [-0.2, -0.15) is 0 Å². The summed E-state index contributed by atoms with van der Waals surface area (Å²) in [7, 11) is 0. The quantitative estimate of drug-likeness (QED) is 0.793. The highest BCUT2D eigenvalue weighted by Gasteiger charge is 2.44. The van der Waals surface area contributed by atoms with E-state index in [1.807, 2.05) is 0 Å². The molecule has 0 radical (unpaired) electrons. The zero-order valence-electron chi connectivity index (χ0n) is 10.2. The van der Waals surface area contributed by atoms with Crippen LogP contribution < -0.4 is 0 Å². The molecule has 0 saturated heterocycles. The van der Waals surface area contributed by atoms with Crippen LogP contribution in [0.15, 0.2) is 28.7 Å². The summed E-state index contributed by atoms with van der Waals surface area (Å²) in [6.45, 7) is 8.04. The second-order valence-electron chi connectivity index (χ2n) is 4.75. The Morgan fingerprint density at radius 1 is 1.25 bits per heavy atom. The number of benzene rings is 1. The van der Waals surface area contributed by atoms with Crippen molar-refractivity contribution in [3.63, 3.8) is 0 Å². The molecule has 0 amide bonds. The van der Waals surface area contributed by atoms with E-state index in [9.17, 15) is 0 Å². The Labute approximate surface area is 107 Å². The molecule has 1 aliphatic rings. The lowest BCUT2D eigenvalue weighted by atomic mass is 9.95. The summed E-state index contributed by atoms with van der Waals surface area (Å²) < 4.78 is 1.20. The SMILES string of the molecule is CCN(CC)CC1(c2cccc(Br)c2)CC1. The Hall–Kier alpha value is -0.340. The van der Waals surface area contributed by atoms with Gasteiger partial charge in [-0.25, -0.2) is 0 Å². The molecule has 0 heterocycles. The highest BCUT2D eigenvalue weighted by Crippen LogP contribution is 2.49. The van der Waals surface area contributed by atoms with Crippen molar-refractivity contribution in [3.05, 3.63) is 34.3 Å². The maximum absolute atomic E-state index is 3.57. The molecular weight excluding hydrogens is 262 g/mol. The minimum atomic E-state index is 0.454. The molecule has 1 aromatic carbocycles. The Morgan fingerprint density at radius 3 is 2.44 bits per heavy atom. The average molecular weight is 282 g/mol. The molecule has 0 bridgehead atoms. The molecule has 0 aliphatic heterocycles. The van der Waals surface area contributed by atoms with Crippen molar-refractivity contribution in [2.24, 2.45) is 0 Å². The Bertz CT molecular complexity index is 354. The summed E-state index contributed by atoms with van der Waals surface area (Å²) >= 11 is 3.57. The summed E-state index contributed by atoms with van der Waals surface area (Å²) in [6, 6.07) is 8.83. The van der Waals surface area contributed by atoms with Gasteiger partial charge in [0.25, 0.3) is 0 Å². The van der Waals surface area contributed by atoms with E-state index in [2.05, 4.69) is 58.9 Å². The lowest BCUT2D eigenvalue weighted by molar-refractivity contribution is 0.275. The van der Waals surface area contributed by atoms with Crippen LogP contribution in [0.3, 0.4) is 0 Å². The van der Waals surface area contributed by atoms with E-state index in [4.69, 9.17) is 0 Å². The highest BCUT2D eigenvalue weighted by atomic mass is 79.9. The van der Waals surface area contributed by atoms with Crippen molar-refractivity contribution < 1.29 is 0 Å². The van der Waals surface area contributed by atoms with E-state index in [1.165, 1.54) is 29.4 Å². The van der Waals surface area contributed by atoms with Crippen molar-refractivity contribution >= 4 is 15.9 Å². The van der Waals surface area contributed by atoms with E-state index in [-0.39, 0.29) is 0 Å². The van der Waals surface area contributed by atoms with Crippen LogP contribution in [0.2, 0.25) is 0 Å². The number of nitrogens with zero attached hydrogens (tertiary/aromatic N) is 1. The molecule has 0 aromatic heterocycles. The van der Waals surface area contributed by atoms with E-state index >= 15 is 0 Å².